The molecule has 0 saturated heterocycles. The molecular formula is C17H27NO3S. The van der Waals surface area contributed by atoms with Gasteiger partial charge >= 0.3 is 0 Å². The average Bonchev–Trinajstić information content (AvgIpc) is 2.35. The summed E-state index contributed by atoms with van der Waals surface area (Å²) in [4.78, 5) is 12.2. The quantitative estimate of drug-likeness (QED) is 0.874. The third kappa shape index (κ3) is 5.13. The maximum atomic E-state index is 12.5. The van der Waals surface area contributed by atoms with Crippen molar-refractivity contribution in [2.24, 2.45) is 0 Å². The second kappa shape index (κ2) is 6.82. The Balaban J connectivity index is 2.91. The Morgan fingerprint density at radius 1 is 1.18 bits per heavy atom. The molecule has 1 rings (SSSR count). The van der Waals surface area contributed by atoms with Crippen LogP contribution in [0.4, 0.5) is 0 Å². The zero-order valence-corrected chi connectivity index (χ0v) is 15.2. The molecular weight excluding hydrogens is 298 g/mol. The summed E-state index contributed by atoms with van der Waals surface area (Å²) in [5.41, 5.74) is 2.37. The number of sulfone groups is 1. The molecule has 1 aromatic carbocycles. The minimum absolute atomic E-state index is 0.114. The number of carbonyl (C=O) groups excluding carboxylic acids is 1. The predicted molar refractivity (Wildman–Crippen MR) is 90.5 cm³/mol. The monoisotopic (exact) mass is 325 g/mol. The first-order valence-corrected chi connectivity index (χ1v) is 9.29. The van der Waals surface area contributed by atoms with Crippen molar-refractivity contribution in [3.63, 3.8) is 0 Å². The van der Waals surface area contributed by atoms with Crippen LogP contribution in [0.15, 0.2) is 18.2 Å². The van der Waals surface area contributed by atoms with E-state index >= 15 is 0 Å². The van der Waals surface area contributed by atoms with Crippen molar-refractivity contribution >= 4 is 15.7 Å². The Bertz CT molecular complexity index is 628. The summed E-state index contributed by atoms with van der Waals surface area (Å²) in [6.07, 6.45) is 0.739. The van der Waals surface area contributed by atoms with Crippen molar-refractivity contribution in [2.45, 2.75) is 64.5 Å². The highest BCUT2D eigenvalue weighted by Gasteiger charge is 2.31. The highest BCUT2D eigenvalue weighted by atomic mass is 32.2. The molecule has 5 heteroatoms. The van der Waals surface area contributed by atoms with Crippen LogP contribution in [0, 0.1) is 13.8 Å². The fourth-order valence-corrected chi connectivity index (χ4v) is 3.46. The smallest absolute Gasteiger partial charge is 0.238 e. The van der Waals surface area contributed by atoms with Gasteiger partial charge in [-0.25, -0.2) is 8.42 Å². The lowest BCUT2D eigenvalue weighted by atomic mass is 10.0. The van der Waals surface area contributed by atoms with Gasteiger partial charge in [-0.2, -0.15) is 0 Å². The van der Waals surface area contributed by atoms with Crippen LogP contribution in [-0.2, 0) is 20.4 Å². The highest BCUT2D eigenvalue weighted by Crippen LogP contribution is 2.16. The number of aryl methyl sites for hydroxylation is 2. The topological polar surface area (TPSA) is 63.2 Å². The first-order valence-electron chi connectivity index (χ1n) is 7.57. The normalized spacial score (nSPS) is 13.7. The van der Waals surface area contributed by atoms with Gasteiger partial charge in [0, 0.05) is 5.54 Å². The van der Waals surface area contributed by atoms with Crippen LogP contribution in [0.25, 0.3) is 0 Å². The van der Waals surface area contributed by atoms with Gasteiger partial charge in [0.05, 0.1) is 5.75 Å². The molecule has 1 atom stereocenters. The third-order valence-corrected chi connectivity index (χ3v) is 5.93. The van der Waals surface area contributed by atoms with Crippen LogP contribution in [-0.4, -0.2) is 25.1 Å². The number of benzene rings is 1. The third-order valence-electron chi connectivity index (χ3n) is 3.90. The van der Waals surface area contributed by atoms with Crippen LogP contribution in [0.3, 0.4) is 0 Å². The van der Waals surface area contributed by atoms with Crippen molar-refractivity contribution in [2.75, 3.05) is 0 Å². The van der Waals surface area contributed by atoms with Crippen molar-refractivity contribution < 1.29 is 13.2 Å². The first-order chi connectivity index (χ1) is 9.97. The summed E-state index contributed by atoms with van der Waals surface area (Å²) in [5, 5.41) is 1.75. The Morgan fingerprint density at radius 2 is 1.68 bits per heavy atom. The molecule has 0 radical (unpaired) electrons. The van der Waals surface area contributed by atoms with Gasteiger partial charge in [-0.15, -0.1) is 0 Å². The summed E-state index contributed by atoms with van der Waals surface area (Å²) < 4.78 is 25.0. The van der Waals surface area contributed by atoms with Gasteiger partial charge in [-0.05, 0) is 46.6 Å². The molecule has 0 heterocycles. The first kappa shape index (κ1) is 18.7. The van der Waals surface area contributed by atoms with Gasteiger partial charge in [0.25, 0.3) is 0 Å². The minimum Gasteiger partial charge on any atom is -0.350 e. The van der Waals surface area contributed by atoms with Crippen molar-refractivity contribution in [1.82, 2.24) is 5.32 Å². The molecule has 124 valence electrons. The van der Waals surface area contributed by atoms with Crippen molar-refractivity contribution in [1.29, 1.82) is 0 Å². The molecule has 1 N–H and O–H groups in total. The zero-order valence-electron chi connectivity index (χ0n) is 14.4. The van der Waals surface area contributed by atoms with Gasteiger partial charge in [0.2, 0.25) is 5.91 Å². The maximum absolute atomic E-state index is 12.5. The van der Waals surface area contributed by atoms with Crippen LogP contribution >= 0.6 is 0 Å². The van der Waals surface area contributed by atoms with Gasteiger partial charge < -0.3 is 5.32 Å². The van der Waals surface area contributed by atoms with E-state index in [4.69, 9.17) is 0 Å². The van der Waals surface area contributed by atoms with Gasteiger partial charge in [-0.3, -0.25) is 4.79 Å². The fraction of sp³-hybridized carbons (Fsp3) is 0.588. The van der Waals surface area contributed by atoms with Gasteiger partial charge in [0.1, 0.15) is 5.25 Å². The number of carbonyl (C=O) groups is 1. The lowest BCUT2D eigenvalue weighted by Crippen LogP contribution is -2.48. The van der Waals surface area contributed by atoms with Crippen molar-refractivity contribution in [3.05, 3.63) is 34.9 Å². The number of nitrogens with one attached hydrogen (secondary N) is 1. The molecule has 1 unspecified atom stereocenters. The molecule has 0 fully saturated rings. The summed E-state index contributed by atoms with van der Waals surface area (Å²) in [7, 11) is -3.54. The zero-order chi connectivity index (χ0) is 17.1. The summed E-state index contributed by atoms with van der Waals surface area (Å²) in [5.74, 6) is -0.548. The van der Waals surface area contributed by atoms with E-state index < -0.39 is 26.5 Å². The lowest BCUT2D eigenvalue weighted by molar-refractivity contribution is -0.122. The SMILES string of the molecule is CCC(C)(C)NC(=O)C(C)S(=O)(=O)Cc1cc(C)cc(C)c1. The van der Waals surface area contributed by atoms with Crippen LogP contribution in [0.1, 0.15) is 50.8 Å². The largest absolute Gasteiger partial charge is 0.350 e. The Hall–Kier alpha value is -1.36. The second-order valence-electron chi connectivity index (χ2n) is 6.67. The molecule has 4 nitrogen and oxygen atoms in total. The van der Waals surface area contributed by atoms with E-state index in [1.54, 1.807) is 0 Å². The predicted octanol–water partition coefficient (Wildman–Crippen LogP) is 2.91. The van der Waals surface area contributed by atoms with Gasteiger partial charge in [-0.1, -0.05) is 36.2 Å². The van der Waals surface area contributed by atoms with E-state index in [0.717, 1.165) is 23.1 Å². The second-order valence-corrected chi connectivity index (χ2v) is 8.99. The highest BCUT2D eigenvalue weighted by molar-refractivity contribution is 7.92. The molecule has 0 aliphatic rings. The van der Waals surface area contributed by atoms with Crippen LogP contribution < -0.4 is 5.32 Å². The number of amides is 1. The molecule has 1 amide bonds. The van der Waals surface area contributed by atoms with E-state index in [1.165, 1.54) is 6.92 Å². The lowest BCUT2D eigenvalue weighted by Gasteiger charge is -2.26. The van der Waals surface area contributed by atoms with Crippen LogP contribution in [0.2, 0.25) is 0 Å². The molecule has 22 heavy (non-hydrogen) atoms. The van der Waals surface area contributed by atoms with Gasteiger partial charge in [0.15, 0.2) is 9.84 Å². The average molecular weight is 325 g/mol. The van der Waals surface area contributed by atoms with E-state index in [1.807, 2.05) is 52.8 Å². The van der Waals surface area contributed by atoms with Crippen molar-refractivity contribution in [3.8, 4) is 0 Å². The van der Waals surface area contributed by atoms with E-state index in [-0.39, 0.29) is 5.75 Å². The molecule has 1 aromatic rings. The standard InChI is InChI=1S/C17H27NO3S/c1-7-17(5,6)18-16(19)14(4)22(20,21)11-15-9-12(2)8-13(3)10-15/h8-10,14H,7,11H2,1-6H3,(H,18,19). The Kier molecular flexibility index (Phi) is 5.79. The fourth-order valence-electron chi connectivity index (χ4n) is 2.20. The Labute approximate surface area is 134 Å². The maximum Gasteiger partial charge on any atom is 0.238 e. The molecule has 0 aliphatic heterocycles. The molecule has 0 aromatic heterocycles. The Morgan fingerprint density at radius 3 is 2.14 bits per heavy atom. The number of hydrogen-bond donors (Lipinski definition) is 1. The molecule has 0 aliphatic carbocycles. The molecule has 0 saturated carbocycles. The summed E-state index contributed by atoms with van der Waals surface area (Å²) >= 11 is 0. The number of hydrogen-bond acceptors (Lipinski definition) is 3. The minimum atomic E-state index is -3.54. The van der Waals surface area contributed by atoms with E-state index in [9.17, 15) is 13.2 Å². The van der Waals surface area contributed by atoms with E-state index in [2.05, 4.69) is 5.32 Å². The van der Waals surface area contributed by atoms with E-state index in [0.29, 0.717) is 0 Å². The molecule has 0 spiro atoms. The summed E-state index contributed by atoms with van der Waals surface area (Å²) in [6.45, 7) is 11.0. The van der Waals surface area contributed by atoms with Crippen LogP contribution in [0.5, 0.6) is 0 Å². The number of rotatable bonds is 6. The summed E-state index contributed by atoms with van der Waals surface area (Å²) in [6, 6.07) is 5.70. The molecule has 0 bridgehead atoms.